The molecule has 1 aliphatic heterocycles. The lowest BCUT2D eigenvalue weighted by molar-refractivity contribution is -0.112. The van der Waals surface area contributed by atoms with E-state index >= 15 is 0 Å². The molecule has 1 aromatic heterocycles. The van der Waals surface area contributed by atoms with Crippen LogP contribution >= 0.6 is 0 Å². The number of fused-ring (bicyclic) bond motifs is 1. The van der Waals surface area contributed by atoms with Crippen molar-refractivity contribution in [2.45, 2.75) is 26.4 Å². The molecule has 0 saturated carbocycles. The van der Waals surface area contributed by atoms with E-state index < -0.39 is 0 Å². The molecule has 0 radical (unpaired) electrons. The van der Waals surface area contributed by atoms with E-state index in [1.807, 2.05) is 30.3 Å². The first-order valence-corrected chi connectivity index (χ1v) is 12.8. The predicted octanol–water partition coefficient (Wildman–Crippen LogP) is 5.66. The number of ether oxygens (including phenoxy) is 2. The average molecular weight is 528 g/mol. The maximum Gasteiger partial charge on any atom is 0.248 e. The number of halogens is 1. The fourth-order valence-electron chi connectivity index (χ4n) is 4.43. The number of anilines is 3. The molecule has 3 N–H and O–H groups in total. The number of benzene rings is 3. The zero-order valence-electron chi connectivity index (χ0n) is 21.9. The highest BCUT2D eigenvalue weighted by Crippen LogP contribution is 2.33. The molecular weight excluding hydrogens is 497 g/mol. The fraction of sp³-hybridized carbons (Fsp3) is 0.233. The second kappa shape index (κ2) is 11.9. The zero-order chi connectivity index (χ0) is 27.2. The van der Waals surface area contributed by atoms with E-state index in [-0.39, 0.29) is 11.7 Å². The number of piperidine rings is 1. The molecule has 1 aliphatic rings. The van der Waals surface area contributed by atoms with Gasteiger partial charge in [0, 0.05) is 23.2 Å². The molecule has 0 bridgehead atoms. The third-order valence-electron chi connectivity index (χ3n) is 6.54. The summed E-state index contributed by atoms with van der Waals surface area (Å²) in [6.45, 7) is 3.84. The molecule has 2 heterocycles. The second-order valence-corrected chi connectivity index (χ2v) is 9.36. The van der Waals surface area contributed by atoms with Crippen molar-refractivity contribution in [3.63, 3.8) is 0 Å². The SMILES string of the molecule is COc1cc2ncnc(Nc3ccc(OCc4ccc(F)c(C)c4)cc3)c2cc1NC(=O)C=C1CCNCC1. The van der Waals surface area contributed by atoms with Crippen LogP contribution in [0.3, 0.4) is 0 Å². The molecule has 4 aromatic rings. The van der Waals surface area contributed by atoms with Crippen LogP contribution in [0.5, 0.6) is 11.5 Å². The third-order valence-corrected chi connectivity index (χ3v) is 6.54. The smallest absolute Gasteiger partial charge is 0.248 e. The number of aryl methyl sites for hydroxylation is 1. The number of amides is 1. The van der Waals surface area contributed by atoms with Gasteiger partial charge in [0.2, 0.25) is 5.91 Å². The van der Waals surface area contributed by atoms with Gasteiger partial charge in [0.05, 0.1) is 18.3 Å². The minimum absolute atomic E-state index is 0.192. The van der Waals surface area contributed by atoms with Crippen molar-refractivity contribution in [3.8, 4) is 11.5 Å². The minimum atomic E-state index is -0.228. The zero-order valence-corrected chi connectivity index (χ0v) is 21.9. The van der Waals surface area contributed by atoms with E-state index in [0.717, 1.165) is 48.1 Å². The van der Waals surface area contributed by atoms with E-state index in [2.05, 4.69) is 25.9 Å². The van der Waals surface area contributed by atoms with Crippen LogP contribution in [0.2, 0.25) is 0 Å². The Balaban J connectivity index is 1.31. The number of nitrogens with one attached hydrogen (secondary N) is 3. The Morgan fingerprint density at radius 2 is 1.87 bits per heavy atom. The summed E-state index contributed by atoms with van der Waals surface area (Å²) >= 11 is 0. The second-order valence-electron chi connectivity index (χ2n) is 9.36. The van der Waals surface area contributed by atoms with Crippen LogP contribution in [0.1, 0.15) is 24.0 Å². The first kappa shape index (κ1) is 26.1. The van der Waals surface area contributed by atoms with Gasteiger partial charge in [0.25, 0.3) is 0 Å². The van der Waals surface area contributed by atoms with Crippen LogP contribution in [0.25, 0.3) is 10.9 Å². The number of rotatable bonds is 8. The normalized spacial score (nSPS) is 13.2. The van der Waals surface area contributed by atoms with Crippen molar-refractivity contribution in [1.82, 2.24) is 15.3 Å². The van der Waals surface area contributed by atoms with E-state index in [1.165, 1.54) is 12.4 Å². The Labute approximate surface area is 226 Å². The quantitative estimate of drug-likeness (QED) is 0.255. The molecule has 5 rings (SSSR count). The van der Waals surface area contributed by atoms with Crippen molar-refractivity contribution in [2.75, 3.05) is 30.8 Å². The molecule has 1 saturated heterocycles. The molecule has 200 valence electrons. The Hall–Kier alpha value is -4.50. The summed E-state index contributed by atoms with van der Waals surface area (Å²) < 4.78 is 24.9. The summed E-state index contributed by atoms with van der Waals surface area (Å²) in [5.74, 6) is 1.37. The molecule has 9 heteroatoms. The summed E-state index contributed by atoms with van der Waals surface area (Å²) in [6, 6.07) is 16.0. The molecule has 0 aliphatic carbocycles. The summed E-state index contributed by atoms with van der Waals surface area (Å²) in [5, 5.41) is 10.3. The first-order valence-electron chi connectivity index (χ1n) is 12.8. The van der Waals surface area contributed by atoms with Crippen LogP contribution in [-0.4, -0.2) is 36.1 Å². The third kappa shape index (κ3) is 6.50. The summed E-state index contributed by atoms with van der Waals surface area (Å²) in [6.07, 6.45) is 4.87. The van der Waals surface area contributed by atoms with Gasteiger partial charge in [-0.25, -0.2) is 14.4 Å². The summed E-state index contributed by atoms with van der Waals surface area (Å²) in [7, 11) is 1.56. The highest BCUT2D eigenvalue weighted by Gasteiger charge is 2.14. The Morgan fingerprint density at radius 1 is 1.08 bits per heavy atom. The van der Waals surface area contributed by atoms with Crippen LogP contribution in [0, 0.1) is 12.7 Å². The van der Waals surface area contributed by atoms with E-state index in [0.29, 0.717) is 40.7 Å². The molecule has 0 spiro atoms. The lowest BCUT2D eigenvalue weighted by Gasteiger charge is -2.16. The van der Waals surface area contributed by atoms with Gasteiger partial charge in [-0.1, -0.05) is 11.6 Å². The van der Waals surface area contributed by atoms with E-state index in [4.69, 9.17) is 9.47 Å². The molecule has 3 aromatic carbocycles. The lowest BCUT2D eigenvalue weighted by Crippen LogP contribution is -2.24. The molecule has 8 nitrogen and oxygen atoms in total. The molecule has 1 fully saturated rings. The van der Waals surface area contributed by atoms with E-state index in [9.17, 15) is 9.18 Å². The standard InChI is InChI=1S/C30H30FN5O3/c1-19-13-21(3-8-25(19)31)17-39-23-6-4-22(5-7-23)35-30-24-15-27(28(38-2)16-26(24)33-18-34-30)36-29(37)14-20-9-11-32-12-10-20/h3-8,13-16,18,32H,9-12,17H2,1-2H3,(H,36,37)(H,33,34,35). The number of hydrogen-bond donors (Lipinski definition) is 3. The number of hydrogen-bond acceptors (Lipinski definition) is 7. The minimum Gasteiger partial charge on any atom is -0.494 e. The Bertz CT molecular complexity index is 1510. The average Bonchev–Trinajstić information content (AvgIpc) is 2.95. The number of carbonyl (C=O) groups excluding carboxylic acids is 1. The van der Waals surface area contributed by atoms with Crippen LogP contribution in [-0.2, 0) is 11.4 Å². The summed E-state index contributed by atoms with van der Waals surface area (Å²) in [5.41, 5.74) is 4.63. The van der Waals surface area contributed by atoms with Crippen molar-refractivity contribution < 1.29 is 18.7 Å². The summed E-state index contributed by atoms with van der Waals surface area (Å²) in [4.78, 5) is 21.5. The molecule has 1 amide bonds. The highest BCUT2D eigenvalue weighted by atomic mass is 19.1. The monoisotopic (exact) mass is 527 g/mol. The highest BCUT2D eigenvalue weighted by molar-refractivity contribution is 6.04. The lowest BCUT2D eigenvalue weighted by atomic mass is 10.1. The van der Waals surface area contributed by atoms with Crippen LogP contribution in [0.4, 0.5) is 21.6 Å². The fourth-order valence-corrected chi connectivity index (χ4v) is 4.43. The van der Waals surface area contributed by atoms with Gasteiger partial charge in [0.1, 0.15) is 36.1 Å². The van der Waals surface area contributed by atoms with Gasteiger partial charge in [0.15, 0.2) is 0 Å². The van der Waals surface area contributed by atoms with Gasteiger partial charge >= 0.3 is 0 Å². The topological polar surface area (TPSA) is 97.4 Å². The molecular formula is C30H30FN5O3. The Kier molecular flexibility index (Phi) is 7.98. The number of aromatic nitrogens is 2. The van der Waals surface area contributed by atoms with Gasteiger partial charge in [-0.05, 0) is 86.4 Å². The van der Waals surface area contributed by atoms with Gasteiger partial charge in [-0.15, -0.1) is 0 Å². The maximum absolute atomic E-state index is 13.5. The molecule has 0 atom stereocenters. The van der Waals surface area contributed by atoms with Crippen molar-refractivity contribution >= 4 is 34.0 Å². The van der Waals surface area contributed by atoms with Crippen LogP contribution < -0.4 is 25.4 Å². The molecule has 0 unspecified atom stereocenters. The van der Waals surface area contributed by atoms with Crippen molar-refractivity contribution in [1.29, 1.82) is 0 Å². The first-order chi connectivity index (χ1) is 19.0. The largest absolute Gasteiger partial charge is 0.494 e. The van der Waals surface area contributed by atoms with E-state index in [1.54, 1.807) is 38.3 Å². The van der Waals surface area contributed by atoms with Crippen LogP contribution in [0.15, 0.2) is 72.6 Å². The van der Waals surface area contributed by atoms with Gasteiger partial charge < -0.3 is 25.4 Å². The number of nitrogens with zero attached hydrogens (tertiary/aromatic N) is 2. The van der Waals surface area contributed by atoms with Crippen molar-refractivity contribution in [2.24, 2.45) is 0 Å². The van der Waals surface area contributed by atoms with Gasteiger partial charge in [-0.3, -0.25) is 4.79 Å². The number of carbonyl (C=O) groups is 1. The van der Waals surface area contributed by atoms with Crippen molar-refractivity contribution in [3.05, 3.63) is 89.5 Å². The Morgan fingerprint density at radius 3 is 2.62 bits per heavy atom. The van der Waals surface area contributed by atoms with Gasteiger partial charge in [-0.2, -0.15) is 0 Å². The molecule has 39 heavy (non-hydrogen) atoms. The maximum atomic E-state index is 13.5. The number of methoxy groups -OCH3 is 1. The predicted molar refractivity (Wildman–Crippen MR) is 150 cm³/mol.